The average Bonchev–Trinajstić information content (AvgIpc) is 2.63. The Morgan fingerprint density at radius 1 is 1.29 bits per heavy atom. The third-order valence-electron chi connectivity index (χ3n) is 4.12. The van der Waals surface area contributed by atoms with Gasteiger partial charge in [0.15, 0.2) is 0 Å². The molecule has 0 saturated carbocycles. The molecule has 3 rings (SSSR count). The summed E-state index contributed by atoms with van der Waals surface area (Å²) < 4.78 is 7.08. The van der Waals surface area contributed by atoms with Gasteiger partial charge in [-0.2, -0.15) is 5.10 Å². The molecule has 2 aromatic rings. The third-order valence-corrected chi connectivity index (χ3v) is 4.12. The van der Waals surface area contributed by atoms with E-state index in [2.05, 4.69) is 10.1 Å². The van der Waals surface area contributed by atoms with Gasteiger partial charge in [0.1, 0.15) is 5.69 Å². The summed E-state index contributed by atoms with van der Waals surface area (Å²) in [4.78, 5) is 29.6. The van der Waals surface area contributed by atoms with E-state index in [9.17, 15) is 9.59 Å². The van der Waals surface area contributed by atoms with Crippen molar-refractivity contribution in [3.63, 3.8) is 0 Å². The second kappa shape index (κ2) is 7.35. The predicted octanol–water partition coefficient (Wildman–Crippen LogP) is 0.997. The van der Waals surface area contributed by atoms with Gasteiger partial charge in [0, 0.05) is 38.6 Å². The highest BCUT2D eigenvalue weighted by atomic mass is 16.5. The fraction of sp³-hybridized carbons (Fsp3) is 0.412. The SMILES string of the molecule is Cn1nc(C(=O)N2CCC(OCc3cccnc3)CC2)ccc1=O. The van der Waals surface area contributed by atoms with Crippen LogP contribution in [0.3, 0.4) is 0 Å². The molecule has 0 bridgehead atoms. The number of carbonyl (C=O) groups is 1. The minimum absolute atomic E-state index is 0.141. The zero-order chi connectivity index (χ0) is 16.9. The Labute approximate surface area is 139 Å². The van der Waals surface area contributed by atoms with E-state index in [0.717, 1.165) is 18.4 Å². The first-order chi connectivity index (χ1) is 11.6. The van der Waals surface area contributed by atoms with Gasteiger partial charge in [-0.1, -0.05) is 6.07 Å². The Bertz CT molecular complexity index is 752. The van der Waals surface area contributed by atoms with Crippen molar-refractivity contribution in [3.05, 3.63) is 58.3 Å². The van der Waals surface area contributed by atoms with E-state index >= 15 is 0 Å². The van der Waals surface area contributed by atoms with E-state index in [0.29, 0.717) is 25.4 Å². The first-order valence-corrected chi connectivity index (χ1v) is 7.97. The molecule has 0 aromatic carbocycles. The van der Waals surface area contributed by atoms with Crippen LogP contribution in [0.15, 0.2) is 41.5 Å². The molecule has 1 amide bonds. The van der Waals surface area contributed by atoms with E-state index in [-0.39, 0.29) is 17.6 Å². The highest BCUT2D eigenvalue weighted by Crippen LogP contribution is 2.17. The van der Waals surface area contributed by atoms with Gasteiger partial charge >= 0.3 is 0 Å². The molecule has 0 aliphatic carbocycles. The van der Waals surface area contributed by atoms with Crippen molar-refractivity contribution in [1.29, 1.82) is 0 Å². The Morgan fingerprint density at radius 2 is 2.08 bits per heavy atom. The van der Waals surface area contributed by atoms with E-state index in [1.807, 2.05) is 12.1 Å². The van der Waals surface area contributed by atoms with Crippen LogP contribution in [-0.2, 0) is 18.4 Å². The van der Waals surface area contributed by atoms with Crippen LogP contribution in [0.25, 0.3) is 0 Å². The molecule has 2 aromatic heterocycles. The molecule has 126 valence electrons. The van der Waals surface area contributed by atoms with Crippen LogP contribution < -0.4 is 5.56 Å². The van der Waals surface area contributed by atoms with Crippen LogP contribution in [0.5, 0.6) is 0 Å². The molecule has 0 spiro atoms. The third kappa shape index (κ3) is 3.86. The topological polar surface area (TPSA) is 77.3 Å². The van der Waals surface area contributed by atoms with Crippen molar-refractivity contribution < 1.29 is 9.53 Å². The monoisotopic (exact) mass is 328 g/mol. The number of nitrogens with zero attached hydrogens (tertiary/aromatic N) is 4. The van der Waals surface area contributed by atoms with Gasteiger partial charge in [-0.3, -0.25) is 14.6 Å². The molecule has 1 aliphatic rings. The summed E-state index contributed by atoms with van der Waals surface area (Å²) in [6.45, 7) is 1.79. The molecule has 1 fully saturated rings. The molecule has 0 unspecified atom stereocenters. The van der Waals surface area contributed by atoms with Gasteiger partial charge in [0.05, 0.1) is 12.7 Å². The number of piperidine rings is 1. The summed E-state index contributed by atoms with van der Waals surface area (Å²) >= 11 is 0. The number of aryl methyl sites for hydroxylation is 1. The van der Waals surface area contributed by atoms with Crippen molar-refractivity contribution >= 4 is 5.91 Å². The summed E-state index contributed by atoms with van der Waals surface area (Å²) in [6, 6.07) is 6.72. The number of aromatic nitrogens is 3. The quantitative estimate of drug-likeness (QED) is 0.837. The minimum atomic E-state index is -0.228. The van der Waals surface area contributed by atoms with Crippen molar-refractivity contribution in [2.45, 2.75) is 25.6 Å². The molecule has 1 aliphatic heterocycles. The van der Waals surface area contributed by atoms with E-state index in [1.54, 1.807) is 17.3 Å². The van der Waals surface area contributed by atoms with Crippen molar-refractivity contribution in [1.82, 2.24) is 19.7 Å². The van der Waals surface area contributed by atoms with Crippen molar-refractivity contribution in [2.75, 3.05) is 13.1 Å². The van der Waals surface area contributed by atoms with Gasteiger partial charge in [-0.05, 0) is 30.5 Å². The molecule has 1 saturated heterocycles. The zero-order valence-corrected chi connectivity index (χ0v) is 13.6. The van der Waals surface area contributed by atoms with Gasteiger partial charge in [-0.15, -0.1) is 0 Å². The highest BCUT2D eigenvalue weighted by Gasteiger charge is 2.25. The second-order valence-corrected chi connectivity index (χ2v) is 5.84. The lowest BCUT2D eigenvalue weighted by Gasteiger charge is -2.31. The number of carbonyl (C=O) groups excluding carboxylic acids is 1. The average molecular weight is 328 g/mol. The van der Waals surface area contributed by atoms with Gasteiger partial charge in [-0.25, -0.2) is 4.68 Å². The van der Waals surface area contributed by atoms with Crippen LogP contribution in [0, 0.1) is 0 Å². The molecule has 24 heavy (non-hydrogen) atoms. The molecule has 3 heterocycles. The number of likely N-dealkylation sites (tertiary alicyclic amines) is 1. The first-order valence-electron chi connectivity index (χ1n) is 7.97. The molecular weight excluding hydrogens is 308 g/mol. The highest BCUT2D eigenvalue weighted by molar-refractivity contribution is 5.92. The normalized spacial score (nSPS) is 15.5. The molecule has 0 N–H and O–H groups in total. The van der Waals surface area contributed by atoms with Crippen LogP contribution in [0.2, 0.25) is 0 Å². The fourth-order valence-electron chi connectivity index (χ4n) is 2.70. The van der Waals surface area contributed by atoms with E-state index in [4.69, 9.17) is 4.74 Å². The second-order valence-electron chi connectivity index (χ2n) is 5.84. The Balaban J connectivity index is 1.52. The van der Waals surface area contributed by atoms with Gasteiger partial charge < -0.3 is 9.64 Å². The van der Waals surface area contributed by atoms with Crippen LogP contribution >= 0.6 is 0 Å². The number of rotatable bonds is 4. The number of ether oxygens (including phenoxy) is 1. The standard InChI is InChI=1S/C17H20N4O3/c1-20-16(22)5-4-15(19-20)17(23)21-9-6-14(7-10-21)24-12-13-3-2-8-18-11-13/h2-5,8,11,14H,6-7,9-10,12H2,1H3. The van der Waals surface area contributed by atoms with Crippen LogP contribution in [0.4, 0.5) is 0 Å². The molecule has 7 heteroatoms. The zero-order valence-electron chi connectivity index (χ0n) is 13.6. The fourth-order valence-corrected chi connectivity index (χ4v) is 2.70. The largest absolute Gasteiger partial charge is 0.373 e. The summed E-state index contributed by atoms with van der Waals surface area (Å²) in [5, 5.41) is 4.02. The molecular formula is C17H20N4O3. The lowest BCUT2D eigenvalue weighted by atomic mass is 10.1. The molecule has 0 atom stereocenters. The predicted molar refractivity (Wildman–Crippen MR) is 87.4 cm³/mol. The number of pyridine rings is 1. The number of hydrogen-bond acceptors (Lipinski definition) is 5. The van der Waals surface area contributed by atoms with Crippen molar-refractivity contribution in [3.8, 4) is 0 Å². The van der Waals surface area contributed by atoms with Crippen molar-refractivity contribution in [2.24, 2.45) is 7.05 Å². The van der Waals surface area contributed by atoms with Crippen LogP contribution in [-0.4, -0.2) is 44.8 Å². The molecule has 0 radical (unpaired) electrons. The first kappa shape index (κ1) is 16.3. The number of amides is 1. The van der Waals surface area contributed by atoms with E-state index < -0.39 is 0 Å². The Morgan fingerprint density at radius 3 is 2.75 bits per heavy atom. The summed E-state index contributed by atoms with van der Waals surface area (Å²) in [7, 11) is 1.54. The maximum absolute atomic E-state index is 12.4. The Hall–Kier alpha value is -2.54. The van der Waals surface area contributed by atoms with Gasteiger partial charge in [0.25, 0.3) is 11.5 Å². The van der Waals surface area contributed by atoms with E-state index in [1.165, 1.54) is 23.9 Å². The minimum Gasteiger partial charge on any atom is -0.373 e. The lowest BCUT2D eigenvalue weighted by Crippen LogP contribution is -2.41. The van der Waals surface area contributed by atoms with Crippen LogP contribution in [0.1, 0.15) is 28.9 Å². The smallest absolute Gasteiger partial charge is 0.274 e. The lowest BCUT2D eigenvalue weighted by molar-refractivity contribution is -0.000647. The maximum atomic E-state index is 12.4. The Kier molecular flexibility index (Phi) is 5.00. The number of hydrogen-bond donors (Lipinski definition) is 0. The summed E-state index contributed by atoms with van der Waals surface area (Å²) in [5.41, 5.74) is 1.12. The maximum Gasteiger partial charge on any atom is 0.274 e. The molecule has 7 nitrogen and oxygen atoms in total. The summed E-state index contributed by atoms with van der Waals surface area (Å²) in [5.74, 6) is -0.142. The summed E-state index contributed by atoms with van der Waals surface area (Å²) in [6.07, 6.45) is 5.25. The van der Waals surface area contributed by atoms with Gasteiger partial charge in [0.2, 0.25) is 0 Å².